The Labute approximate surface area is 103 Å². The van der Waals surface area contributed by atoms with Crippen LogP contribution in [0.5, 0.6) is 0 Å². The molecule has 0 amide bonds. The Morgan fingerprint density at radius 2 is 1.62 bits per heavy atom. The van der Waals surface area contributed by atoms with E-state index in [0.717, 1.165) is 24.7 Å². The molecule has 0 spiro atoms. The molecule has 1 rings (SSSR count). The molecule has 0 heterocycles. The van der Waals surface area contributed by atoms with Crippen molar-refractivity contribution in [2.75, 3.05) is 13.2 Å². The van der Waals surface area contributed by atoms with Crippen LogP contribution in [0.1, 0.15) is 59.3 Å². The molecule has 16 heavy (non-hydrogen) atoms. The summed E-state index contributed by atoms with van der Waals surface area (Å²) in [5.41, 5.74) is 0.757. The highest BCUT2D eigenvalue weighted by molar-refractivity contribution is 6.46. The van der Waals surface area contributed by atoms with Crippen molar-refractivity contribution in [3.05, 3.63) is 0 Å². The van der Waals surface area contributed by atoms with Gasteiger partial charge in [0.15, 0.2) is 0 Å². The highest BCUT2D eigenvalue weighted by Crippen LogP contribution is 2.39. The van der Waals surface area contributed by atoms with Crippen LogP contribution in [0.3, 0.4) is 0 Å². The van der Waals surface area contributed by atoms with E-state index in [1.807, 2.05) is 0 Å². The molecule has 1 fully saturated rings. The van der Waals surface area contributed by atoms with Crippen LogP contribution < -0.4 is 0 Å². The van der Waals surface area contributed by atoms with Crippen molar-refractivity contribution in [2.45, 2.75) is 64.8 Å². The molecule has 0 bridgehead atoms. The monoisotopic (exact) mass is 244 g/mol. The second kappa shape index (κ2) is 8.26. The molecule has 2 nitrogen and oxygen atoms in total. The van der Waals surface area contributed by atoms with Gasteiger partial charge in [-0.15, -0.1) is 0 Å². The first kappa shape index (κ1) is 14.2. The Morgan fingerprint density at radius 1 is 1.06 bits per heavy atom. The lowest BCUT2D eigenvalue weighted by Crippen LogP contribution is -2.33. The van der Waals surface area contributed by atoms with Gasteiger partial charge in [-0.2, -0.15) is 0 Å². The Kier molecular flexibility index (Phi) is 7.33. The third kappa shape index (κ3) is 4.19. The summed E-state index contributed by atoms with van der Waals surface area (Å²) in [6, 6.07) is 0. The van der Waals surface area contributed by atoms with Crippen molar-refractivity contribution >= 4 is 9.28 Å². The van der Waals surface area contributed by atoms with Gasteiger partial charge in [-0.05, 0) is 26.2 Å². The summed E-state index contributed by atoms with van der Waals surface area (Å²) in [6.45, 7) is 8.12. The van der Waals surface area contributed by atoms with Crippen molar-refractivity contribution in [3.63, 3.8) is 0 Å². The summed E-state index contributed by atoms with van der Waals surface area (Å²) in [5, 5.41) is 0. The fourth-order valence-electron chi connectivity index (χ4n) is 2.94. The molecular weight excluding hydrogens is 216 g/mol. The second-order valence-electron chi connectivity index (χ2n) is 4.78. The van der Waals surface area contributed by atoms with Gasteiger partial charge in [0, 0.05) is 18.8 Å². The summed E-state index contributed by atoms with van der Waals surface area (Å²) in [7, 11) is -1.42. The van der Waals surface area contributed by atoms with E-state index in [0.29, 0.717) is 0 Å². The average molecular weight is 244 g/mol. The van der Waals surface area contributed by atoms with E-state index in [2.05, 4.69) is 20.8 Å². The molecule has 1 aliphatic carbocycles. The van der Waals surface area contributed by atoms with E-state index in [1.54, 1.807) is 0 Å². The molecule has 0 saturated heterocycles. The summed E-state index contributed by atoms with van der Waals surface area (Å²) in [4.78, 5) is 0. The predicted octanol–water partition coefficient (Wildman–Crippen LogP) is 3.64. The van der Waals surface area contributed by atoms with Gasteiger partial charge in [0.05, 0.1) is 0 Å². The summed E-state index contributed by atoms with van der Waals surface area (Å²) >= 11 is 0. The lowest BCUT2D eigenvalue weighted by Gasteiger charge is -2.29. The molecule has 1 atom stereocenters. The minimum Gasteiger partial charge on any atom is -0.397 e. The van der Waals surface area contributed by atoms with E-state index >= 15 is 0 Å². The van der Waals surface area contributed by atoms with E-state index in [9.17, 15) is 0 Å². The molecule has 1 unspecified atom stereocenters. The average Bonchev–Trinajstić information content (AvgIpc) is 2.79. The number of rotatable bonds is 8. The van der Waals surface area contributed by atoms with E-state index < -0.39 is 9.28 Å². The number of hydrogen-bond acceptors (Lipinski definition) is 2. The van der Waals surface area contributed by atoms with Gasteiger partial charge in [-0.25, -0.2) is 0 Å². The second-order valence-corrected chi connectivity index (χ2v) is 7.04. The van der Waals surface area contributed by atoms with Crippen LogP contribution in [0.4, 0.5) is 0 Å². The summed E-state index contributed by atoms with van der Waals surface area (Å²) in [6.07, 6.45) is 8.24. The van der Waals surface area contributed by atoms with Gasteiger partial charge in [-0.1, -0.05) is 39.0 Å². The highest BCUT2D eigenvalue weighted by atomic mass is 28.3. The Balaban J connectivity index is 2.55. The number of hydrogen-bond donors (Lipinski definition) is 0. The molecule has 0 radical (unpaired) electrons. The molecule has 1 aliphatic rings. The van der Waals surface area contributed by atoms with Gasteiger partial charge in [0.1, 0.15) is 0 Å². The molecule has 0 aliphatic heterocycles. The van der Waals surface area contributed by atoms with Crippen LogP contribution in [0.15, 0.2) is 0 Å². The maximum absolute atomic E-state index is 5.93. The maximum atomic E-state index is 5.93. The fourth-order valence-corrected chi connectivity index (χ4v) is 5.62. The van der Waals surface area contributed by atoms with Crippen LogP contribution >= 0.6 is 0 Å². The van der Waals surface area contributed by atoms with Gasteiger partial charge < -0.3 is 8.85 Å². The minimum atomic E-state index is -1.42. The molecule has 0 N–H and O–H groups in total. The predicted molar refractivity (Wildman–Crippen MR) is 71.0 cm³/mol. The largest absolute Gasteiger partial charge is 0.397 e. The summed E-state index contributed by atoms with van der Waals surface area (Å²) in [5.74, 6) is 0.898. The van der Waals surface area contributed by atoms with Crippen LogP contribution in [-0.4, -0.2) is 22.5 Å². The molecule has 0 aromatic heterocycles. The molecule has 3 heteroatoms. The topological polar surface area (TPSA) is 18.5 Å². The van der Waals surface area contributed by atoms with E-state index in [-0.39, 0.29) is 0 Å². The standard InChI is InChI=1S/C13H28O2Si/c1-4-9-13(12-10-7-8-11-12)16(14-5-2)15-6-3/h12-13,16H,4-11H2,1-3H3. The van der Waals surface area contributed by atoms with Gasteiger partial charge >= 0.3 is 9.28 Å². The lowest BCUT2D eigenvalue weighted by atomic mass is 10.00. The zero-order chi connectivity index (χ0) is 11.8. The first-order valence-corrected chi connectivity index (χ1v) is 8.67. The maximum Gasteiger partial charge on any atom is 0.324 e. The summed E-state index contributed by atoms with van der Waals surface area (Å²) < 4.78 is 11.9. The van der Waals surface area contributed by atoms with Gasteiger partial charge in [0.2, 0.25) is 0 Å². The van der Waals surface area contributed by atoms with Crippen molar-refractivity contribution < 1.29 is 8.85 Å². The Morgan fingerprint density at radius 3 is 2.06 bits per heavy atom. The lowest BCUT2D eigenvalue weighted by molar-refractivity contribution is 0.190. The minimum absolute atomic E-state index is 0.757. The van der Waals surface area contributed by atoms with Gasteiger partial charge in [-0.3, -0.25) is 0 Å². The third-order valence-electron chi connectivity index (χ3n) is 3.64. The Hall–Kier alpha value is 0.137. The van der Waals surface area contributed by atoms with E-state index in [1.165, 1.54) is 38.5 Å². The van der Waals surface area contributed by atoms with Gasteiger partial charge in [0.25, 0.3) is 0 Å². The molecule has 96 valence electrons. The third-order valence-corrected chi connectivity index (χ3v) is 6.54. The first-order chi connectivity index (χ1) is 7.83. The fraction of sp³-hybridized carbons (Fsp3) is 1.00. The Bertz CT molecular complexity index is 163. The first-order valence-electron chi connectivity index (χ1n) is 7.06. The zero-order valence-corrected chi connectivity index (χ0v) is 12.4. The molecule has 1 saturated carbocycles. The SMILES string of the molecule is CCCC(C1CCCC1)[SiH](OCC)OCC. The van der Waals surface area contributed by atoms with Crippen molar-refractivity contribution in [1.82, 2.24) is 0 Å². The van der Waals surface area contributed by atoms with Crippen LogP contribution in [0.25, 0.3) is 0 Å². The van der Waals surface area contributed by atoms with Crippen LogP contribution in [-0.2, 0) is 8.85 Å². The highest BCUT2D eigenvalue weighted by Gasteiger charge is 2.33. The molecule has 0 aromatic carbocycles. The normalized spacial score (nSPS) is 19.5. The van der Waals surface area contributed by atoms with E-state index in [4.69, 9.17) is 8.85 Å². The van der Waals surface area contributed by atoms with Crippen molar-refractivity contribution in [1.29, 1.82) is 0 Å². The quantitative estimate of drug-likeness (QED) is 0.607. The molecular formula is C13H28O2Si. The van der Waals surface area contributed by atoms with Crippen molar-refractivity contribution in [2.24, 2.45) is 5.92 Å². The zero-order valence-electron chi connectivity index (χ0n) is 11.2. The van der Waals surface area contributed by atoms with Crippen LogP contribution in [0.2, 0.25) is 5.54 Å². The van der Waals surface area contributed by atoms with Crippen LogP contribution in [0, 0.1) is 5.92 Å². The molecule has 0 aromatic rings. The smallest absolute Gasteiger partial charge is 0.324 e. The van der Waals surface area contributed by atoms with Crippen molar-refractivity contribution in [3.8, 4) is 0 Å².